The van der Waals surface area contributed by atoms with E-state index in [0.717, 1.165) is 11.8 Å². The van der Waals surface area contributed by atoms with Crippen LogP contribution >= 0.6 is 11.8 Å². The SMILES string of the molecule is CC(=O)[C@@H](CC(=O)[C@@H]1CSCC[C@H](NC(=O)CCC(=O)CN)C(=O)N[C@@H](CCCN=C(N)N)C(=O)N[C@@H](Cc2ccccc2)C(=O)NCC(=O)C[C@@H]([C@@H](C)O)C(=O)C1)[C@@H](C)O.[3HH]. The highest BCUT2D eigenvalue weighted by Gasteiger charge is 2.35. The van der Waals surface area contributed by atoms with Crippen LogP contribution in [0, 0.1) is 17.8 Å². The average Bonchev–Trinajstić information content (AvgIpc) is 3.20. The van der Waals surface area contributed by atoms with Crippen molar-refractivity contribution in [1.29, 1.82) is 0 Å². The Bertz CT molecular complexity index is 1730. The molecule has 0 aliphatic carbocycles. The first kappa shape index (κ1) is 52.1. The van der Waals surface area contributed by atoms with E-state index in [1.54, 1.807) is 30.3 Å². The van der Waals surface area contributed by atoms with Crippen molar-refractivity contribution in [1.82, 2.24) is 21.3 Å². The predicted octanol–water partition coefficient (Wildman–Crippen LogP) is -1.38. The van der Waals surface area contributed by atoms with E-state index in [0.29, 0.717) is 5.56 Å². The summed E-state index contributed by atoms with van der Waals surface area (Å²) in [5, 5.41) is 31.3. The number of ketones is 5. The third-order valence-electron chi connectivity index (χ3n) is 10.2. The van der Waals surface area contributed by atoms with Gasteiger partial charge in [0.25, 0.3) is 0 Å². The molecule has 61 heavy (non-hydrogen) atoms. The summed E-state index contributed by atoms with van der Waals surface area (Å²) in [6.07, 6.45) is -4.13. The minimum Gasteiger partial charge on any atom is -0.393 e. The average molecular weight is 879 g/mol. The highest BCUT2D eigenvalue weighted by Crippen LogP contribution is 2.25. The monoisotopic (exact) mass is 878 g/mol. The maximum absolute atomic E-state index is 14.0. The maximum atomic E-state index is 14.0. The van der Waals surface area contributed by atoms with Crippen LogP contribution in [0.5, 0.6) is 0 Å². The van der Waals surface area contributed by atoms with E-state index >= 15 is 0 Å². The summed E-state index contributed by atoms with van der Waals surface area (Å²) in [5.74, 6) is -8.97. The lowest BCUT2D eigenvalue weighted by atomic mass is 9.83. The quantitative estimate of drug-likeness (QED) is 0.0495. The second-order valence-corrected chi connectivity index (χ2v) is 16.4. The number of benzene rings is 1. The highest BCUT2D eigenvalue weighted by atomic mass is 32.2. The van der Waals surface area contributed by atoms with Gasteiger partial charge >= 0.3 is 0 Å². The summed E-state index contributed by atoms with van der Waals surface area (Å²) >= 11 is 1.16. The van der Waals surface area contributed by atoms with E-state index in [2.05, 4.69) is 26.3 Å². The normalized spacial score (nSPS) is 22.9. The molecule has 1 fully saturated rings. The van der Waals surface area contributed by atoms with Gasteiger partial charge in [-0.3, -0.25) is 48.1 Å². The molecule has 19 nitrogen and oxygen atoms in total. The number of aliphatic imine (C=N–C) groups is 1. The minimum atomic E-state index is -1.33. The van der Waals surface area contributed by atoms with Crippen molar-refractivity contribution >= 4 is 70.3 Å². The fourth-order valence-electron chi connectivity index (χ4n) is 6.57. The van der Waals surface area contributed by atoms with E-state index in [4.69, 9.17) is 17.2 Å². The number of nitrogens with one attached hydrogen (secondary N) is 4. The lowest BCUT2D eigenvalue weighted by Gasteiger charge is -2.26. The summed E-state index contributed by atoms with van der Waals surface area (Å²) in [5.41, 5.74) is 17.0. The number of hydrogen-bond acceptors (Lipinski definition) is 14. The Kier molecular flexibility index (Phi) is 23.1. The van der Waals surface area contributed by atoms with Crippen molar-refractivity contribution in [2.45, 2.75) is 109 Å². The lowest BCUT2D eigenvalue weighted by molar-refractivity contribution is -0.136. The van der Waals surface area contributed by atoms with Gasteiger partial charge in [0.15, 0.2) is 11.7 Å². The van der Waals surface area contributed by atoms with Gasteiger partial charge in [0.05, 0.1) is 31.2 Å². The molecule has 340 valence electrons. The fourth-order valence-corrected chi connectivity index (χ4v) is 7.73. The molecular formula is C41H64N8O11S. The number of nitrogens with zero attached hydrogens (tertiary/aromatic N) is 1. The van der Waals surface area contributed by atoms with E-state index in [9.17, 15) is 53.4 Å². The van der Waals surface area contributed by atoms with E-state index in [1.807, 2.05) is 0 Å². The largest absolute Gasteiger partial charge is 0.393 e. The number of Topliss-reactive ketones (excluding diaryl/α,β-unsaturated/α-hetero) is 5. The van der Waals surface area contributed by atoms with Crippen molar-refractivity contribution in [3.05, 3.63) is 35.9 Å². The van der Waals surface area contributed by atoms with Gasteiger partial charge in [0.2, 0.25) is 23.6 Å². The summed E-state index contributed by atoms with van der Waals surface area (Å²) in [6.45, 7) is 3.16. The Morgan fingerprint density at radius 2 is 1.62 bits per heavy atom. The zero-order valence-corrected chi connectivity index (χ0v) is 35.9. The number of amides is 4. The Morgan fingerprint density at radius 1 is 0.951 bits per heavy atom. The third kappa shape index (κ3) is 19.5. The van der Waals surface area contributed by atoms with Crippen molar-refractivity contribution in [2.24, 2.45) is 39.9 Å². The van der Waals surface area contributed by atoms with Crippen LogP contribution in [0.1, 0.15) is 79.1 Å². The maximum Gasteiger partial charge on any atom is 0.243 e. The first-order valence-corrected chi connectivity index (χ1v) is 21.5. The van der Waals surface area contributed by atoms with Crippen LogP contribution in [0.4, 0.5) is 0 Å². The molecule has 0 saturated carbocycles. The molecule has 0 bridgehead atoms. The molecule has 0 unspecified atom stereocenters. The van der Waals surface area contributed by atoms with Gasteiger partial charge < -0.3 is 48.7 Å². The Morgan fingerprint density at radius 3 is 2.23 bits per heavy atom. The van der Waals surface area contributed by atoms with Crippen LogP contribution in [-0.2, 0) is 49.6 Å². The standard InChI is InChI=1S/C41H62N8O11S.H2/c1-23(50)30(24(2)51)19-35(55)27-17-36(56)31(25(3)52)18-29(54)21-46-38(58)34(16-26-8-5-4-6-9-26)49-39(59)32(10-7-14-45-41(43)44)48-40(60)33(13-15-61-22-27)47-37(57)12-11-28(53)20-42;/h4-6,8-9,23,25,27,30-34,50,52H,7,10-22,42H2,1-3H3,(H,46,58)(H,47,57)(H,48,60)(H,49,59)(H4,43,44,45);1H/t23-,25-,27+,30+,31+,32+,33+,34+;/m1./s1/i;1+2. The number of carbonyl (C=O) groups excluding carboxylic acids is 9. The van der Waals surface area contributed by atoms with E-state index in [-0.39, 0.29) is 82.7 Å². The zero-order valence-electron chi connectivity index (χ0n) is 35.1. The molecule has 1 aromatic carbocycles. The summed E-state index contributed by atoms with van der Waals surface area (Å²) in [6, 6.07) is 4.86. The molecule has 0 aromatic heterocycles. The van der Waals surface area contributed by atoms with Crippen molar-refractivity contribution < 1.29 is 54.8 Å². The molecule has 12 N–H and O–H groups in total. The van der Waals surface area contributed by atoms with Crippen LogP contribution in [-0.4, -0.2) is 130 Å². The predicted molar refractivity (Wildman–Crippen MR) is 230 cm³/mol. The first-order valence-electron chi connectivity index (χ1n) is 20.3. The number of carbonyl (C=O) groups is 9. The lowest BCUT2D eigenvalue weighted by Crippen LogP contribution is -2.57. The van der Waals surface area contributed by atoms with E-state index < -0.39 is 114 Å². The van der Waals surface area contributed by atoms with Crippen LogP contribution < -0.4 is 38.5 Å². The minimum absolute atomic E-state index is 0. The number of aliphatic hydroxyl groups excluding tert-OH is 2. The molecule has 0 radical (unpaired) electrons. The molecule has 1 aromatic rings. The summed E-state index contributed by atoms with van der Waals surface area (Å²) in [7, 11) is 0. The Labute approximate surface area is 361 Å². The Balaban J connectivity index is 0.0000192. The van der Waals surface area contributed by atoms with Gasteiger partial charge in [-0.2, -0.15) is 11.8 Å². The number of thioether (sulfide) groups is 1. The molecule has 1 heterocycles. The van der Waals surface area contributed by atoms with Crippen molar-refractivity contribution in [3.63, 3.8) is 0 Å². The second-order valence-electron chi connectivity index (χ2n) is 15.3. The van der Waals surface area contributed by atoms with Gasteiger partial charge in [-0.05, 0) is 51.3 Å². The van der Waals surface area contributed by atoms with Crippen LogP contribution in [0.3, 0.4) is 0 Å². The smallest absolute Gasteiger partial charge is 0.243 e. The van der Waals surface area contributed by atoms with Gasteiger partial charge in [0, 0.05) is 64.1 Å². The fraction of sp³-hybridized carbons (Fsp3) is 0.610. The molecule has 1 saturated heterocycles. The molecule has 1 aliphatic heterocycles. The molecule has 2 rings (SSSR count). The third-order valence-corrected chi connectivity index (χ3v) is 11.4. The second kappa shape index (κ2) is 27.0. The molecule has 8 atom stereocenters. The molecule has 4 amide bonds. The van der Waals surface area contributed by atoms with Crippen LogP contribution in [0.2, 0.25) is 0 Å². The molecule has 1 aliphatic rings. The molecule has 0 spiro atoms. The summed E-state index contributed by atoms with van der Waals surface area (Å²) < 4.78 is 0. The van der Waals surface area contributed by atoms with Gasteiger partial charge in [-0.25, -0.2) is 0 Å². The number of rotatable bonds is 17. The molecule has 20 heteroatoms. The summed E-state index contributed by atoms with van der Waals surface area (Å²) in [4.78, 5) is 123. The number of nitrogens with two attached hydrogens (primary N) is 3. The number of guanidine groups is 1. The van der Waals surface area contributed by atoms with Crippen LogP contribution in [0.15, 0.2) is 35.3 Å². The topological polar surface area (TPSA) is 333 Å². The highest BCUT2D eigenvalue weighted by molar-refractivity contribution is 7.99. The van der Waals surface area contributed by atoms with Crippen molar-refractivity contribution in [3.8, 4) is 0 Å². The number of aliphatic hydroxyl groups is 2. The van der Waals surface area contributed by atoms with Crippen molar-refractivity contribution in [2.75, 3.05) is 31.1 Å². The Hall–Kier alpha value is -5.05. The van der Waals surface area contributed by atoms with Crippen LogP contribution in [0.25, 0.3) is 0 Å². The van der Waals surface area contributed by atoms with Gasteiger partial charge in [0.1, 0.15) is 41.3 Å². The molecular weight excluding hydrogens is 813 g/mol. The van der Waals surface area contributed by atoms with E-state index in [1.165, 1.54) is 20.8 Å². The number of hydrogen-bond donors (Lipinski definition) is 9. The zero-order chi connectivity index (χ0) is 45.6. The van der Waals surface area contributed by atoms with Gasteiger partial charge in [-0.1, -0.05) is 30.3 Å². The first-order chi connectivity index (χ1) is 28.8. The van der Waals surface area contributed by atoms with Gasteiger partial charge in [-0.15, -0.1) is 0 Å².